The highest BCUT2D eigenvalue weighted by molar-refractivity contribution is 9.10. The summed E-state index contributed by atoms with van der Waals surface area (Å²) in [5.74, 6) is 0.994. The molecule has 1 fully saturated rings. The van der Waals surface area contributed by atoms with Gasteiger partial charge in [-0.15, -0.1) is 0 Å². The van der Waals surface area contributed by atoms with Crippen molar-refractivity contribution >= 4 is 27.5 Å². The second-order valence-corrected chi connectivity index (χ2v) is 6.96. The zero-order chi connectivity index (χ0) is 13.7. The molecule has 0 amide bonds. The predicted octanol–water partition coefficient (Wildman–Crippen LogP) is 5.72. The second-order valence-electron chi connectivity index (χ2n) is 5.63. The van der Waals surface area contributed by atoms with Gasteiger partial charge in [-0.25, -0.2) is 0 Å². The Morgan fingerprint density at radius 3 is 2.79 bits per heavy atom. The Labute approximate surface area is 130 Å². The van der Waals surface area contributed by atoms with E-state index in [1.807, 2.05) is 6.07 Å². The molecule has 0 aliphatic heterocycles. The minimum Gasteiger partial charge on any atom is -0.310 e. The van der Waals surface area contributed by atoms with Crippen LogP contribution in [-0.2, 0) is 0 Å². The lowest BCUT2D eigenvalue weighted by molar-refractivity contribution is 0.456. The topological polar surface area (TPSA) is 12.0 Å². The van der Waals surface area contributed by atoms with E-state index in [1.54, 1.807) is 0 Å². The third kappa shape index (κ3) is 4.77. The van der Waals surface area contributed by atoms with Crippen LogP contribution in [0.25, 0.3) is 0 Å². The van der Waals surface area contributed by atoms with E-state index < -0.39 is 0 Å². The van der Waals surface area contributed by atoms with Crippen LogP contribution in [0, 0.1) is 5.92 Å². The Morgan fingerprint density at radius 2 is 2.11 bits per heavy atom. The molecule has 0 aromatic heterocycles. The SMILES string of the molecule is CC(NCCCC1CCCC1)c1ccc(Br)cc1Cl. The lowest BCUT2D eigenvalue weighted by Gasteiger charge is -2.16. The van der Waals surface area contributed by atoms with E-state index in [9.17, 15) is 0 Å². The highest BCUT2D eigenvalue weighted by atomic mass is 79.9. The highest BCUT2D eigenvalue weighted by Gasteiger charge is 2.14. The van der Waals surface area contributed by atoms with Crippen molar-refractivity contribution in [3.63, 3.8) is 0 Å². The third-order valence-electron chi connectivity index (χ3n) is 4.14. The molecule has 106 valence electrons. The van der Waals surface area contributed by atoms with Crippen LogP contribution in [0.15, 0.2) is 22.7 Å². The van der Waals surface area contributed by atoms with Crippen LogP contribution < -0.4 is 5.32 Å². The predicted molar refractivity (Wildman–Crippen MR) is 86.8 cm³/mol. The highest BCUT2D eigenvalue weighted by Crippen LogP contribution is 2.29. The minimum absolute atomic E-state index is 0.323. The van der Waals surface area contributed by atoms with Gasteiger partial charge in [0.05, 0.1) is 0 Å². The summed E-state index contributed by atoms with van der Waals surface area (Å²) >= 11 is 9.71. The Hall–Kier alpha value is -0.0500. The zero-order valence-electron chi connectivity index (χ0n) is 11.6. The summed E-state index contributed by atoms with van der Waals surface area (Å²) in [6, 6.07) is 6.44. The lowest BCUT2D eigenvalue weighted by atomic mass is 10.0. The quantitative estimate of drug-likeness (QED) is 0.650. The van der Waals surface area contributed by atoms with Gasteiger partial charge in [0.2, 0.25) is 0 Å². The van der Waals surface area contributed by atoms with Crippen molar-refractivity contribution in [2.45, 2.75) is 51.5 Å². The van der Waals surface area contributed by atoms with Gasteiger partial charge in [0.15, 0.2) is 0 Å². The van der Waals surface area contributed by atoms with Gasteiger partial charge in [-0.3, -0.25) is 0 Å². The molecule has 0 heterocycles. The van der Waals surface area contributed by atoms with Crippen molar-refractivity contribution in [3.05, 3.63) is 33.3 Å². The van der Waals surface area contributed by atoms with Crippen molar-refractivity contribution in [3.8, 4) is 0 Å². The fourth-order valence-corrected chi connectivity index (χ4v) is 3.81. The molecule has 0 saturated heterocycles. The van der Waals surface area contributed by atoms with E-state index in [-0.39, 0.29) is 0 Å². The zero-order valence-corrected chi connectivity index (χ0v) is 13.9. The van der Waals surface area contributed by atoms with Crippen molar-refractivity contribution < 1.29 is 0 Å². The number of halogens is 2. The van der Waals surface area contributed by atoms with Crippen molar-refractivity contribution in [1.29, 1.82) is 0 Å². The van der Waals surface area contributed by atoms with Crippen LogP contribution in [0.3, 0.4) is 0 Å². The first-order valence-electron chi connectivity index (χ1n) is 7.35. The van der Waals surface area contributed by atoms with Crippen LogP contribution in [0.4, 0.5) is 0 Å². The first-order valence-corrected chi connectivity index (χ1v) is 8.52. The maximum atomic E-state index is 6.27. The molecule has 1 aromatic carbocycles. The van der Waals surface area contributed by atoms with Gasteiger partial charge in [-0.2, -0.15) is 0 Å². The molecule has 0 spiro atoms. The fourth-order valence-electron chi connectivity index (χ4n) is 2.97. The molecule has 19 heavy (non-hydrogen) atoms. The summed E-state index contributed by atoms with van der Waals surface area (Å²) in [5.41, 5.74) is 1.19. The maximum Gasteiger partial charge on any atom is 0.0464 e. The summed E-state index contributed by atoms with van der Waals surface area (Å²) in [6.45, 7) is 3.27. The number of hydrogen-bond acceptors (Lipinski definition) is 1. The number of rotatable bonds is 6. The normalized spacial score (nSPS) is 17.8. The van der Waals surface area contributed by atoms with Crippen LogP contribution >= 0.6 is 27.5 Å². The van der Waals surface area contributed by atoms with Crippen molar-refractivity contribution in [2.75, 3.05) is 6.54 Å². The summed E-state index contributed by atoms with van der Waals surface area (Å²) < 4.78 is 1.04. The van der Waals surface area contributed by atoms with Gasteiger partial charge in [0.1, 0.15) is 0 Å². The van der Waals surface area contributed by atoms with E-state index in [0.717, 1.165) is 22.0 Å². The molecule has 1 N–H and O–H groups in total. The fraction of sp³-hybridized carbons (Fsp3) is 0.625. The Bertz CT molecular complexity index is 402. The number of nitrogens with one attached hydrogen (secondary N) is 1. The standard InChI is InChI=1S/C16H23BrClN/c1-12(15-9-8-14(17)11-16(15)18)19-10-4-7-13-5-2-3-6-13/h8-9,11-13,19H,2-7,10H2,1H3. The van der Waals surface area contributed by atoms with Crippen molar-refractivity contribution in [1.82, 2.24) is 5.32 Å². The average molecular weight is 345 g/mol. The van der Waals surface area contributed by atoms with E-state index >= 15 is 0 Å². The maximum absolute atomic E-state index is 6.27. The second kappa shape index (κ2) is 7.66. The van der Waals surface area contributed by atoms with Crippen LogP contribution in [0.1, 0.15) is 57.1 Å². The van der Waals surface area contributed by atoms with Gasteiger partial charge in [0, 0.05) is 15.5 Å². The molecule has 3 heteroatoms. The summed E-state index contributed by atoms with van der Waals surface area (Å²) in [5, 5.41) is 4.42. The van der Waals surface area contributed by atoms with E-state index in [0.29, 0.717) is 6.04 Å². The van der Waals surface area contributed by atoms with Gasteiger partial charge in [0.25, 0.3) is 0 Å². The van der Waals surface area contributed by atoms with Crippen LogP contribution in [-0.4, -0.2) is 6.54 Å². The molecule has 1 unspecified atom stereocenters. The summed E-state index contributed by atoms with van der Waals surface area (Å²) in [4.78, 5) is 0. The van der Waals surface area contributed by atoms with Crippen molar-refractivity contribution in [2.24, 2.45) is 5.92 Å². The monoisotopic (exact) mass is 343 g/mol. The smallest absolute Gasteiger partial charge is 0.0464 e. The largest absolute Gasteiger partial charge is 0.310 e. The van der Waals surface area contributed by atoms with E-state index in [1.165, 1.54) is 44.1 Å². The van der Waals surface area contributed by atoms with Gasteiger partial charge in [-0.05, 0) is 49.9 Å². The first kappa shape index (κ1) is 15.3. The van der Waals surface area contributed by atoms with Gasteiger partial charge in [-0.1, -0.05) is 59.3 Å². The summed E-state index contributed by atoms with van der Waals surface area (Å²) in [6.07, 6.45) is 8.46. The van der Waals surface area contributed by atoms with E-state index in [2.05, 4.69) is 40.3 Å². The molecule has 1 aliphatic carbocycles. The average Bonchev–Trinajstić information content (AvgIpc) is 2.87. The lowest BCUT2D eigenvalue weighted by Crippen LogP contribution is -2.20. The molecule has 1 aliphatic rings. The molecule has 2 rings (SSSR count). The molecule has 1 saturated carbocycles. The molecule has 1 atom stereocenters. The Balaban J connectivity index is 1.72. The Morgan fingerprint density at radius 1 is 1.37 bits per heavy atom. The molecular formula is C16H23BrClN. The van der Waals surface area contributed by atoms with E-state index in [4.69, 9.17) is 11.6 Å². The van der Waals surface area contributed by atoms with Gasteiger partial charge < -0.3 is 5.32 Å². The molecule has 1 nitrogen and oxygen atoms in total. The summed E-state index contributed by atoms with van der Waals surface area (Å²) in [7, 11) is 0. The first-order chi connectivity index (χ1) is 9.16. The number of hydrogen-bond donors (Lipinski definition) is 1. The van der Waals surface area contributed by atoms with Crippen LogP contribution in [0.2, 0.25) is 5.02 Å². The van der Waals surface area contributed by atoms with Crippen LogP contribution in [0.5, 0.6) is 0 Å². The Kier molecular flexibility index (Phi) is 6.18. The molecule has 0 radical (unpaired) electrons. The minimum atomic E-state index is 0.323. The molecule has 1 aromatic rings. The molecule has 0 bridgehead atoms. The molecular weight excluding hydrogens is 322 g/mol. The number of benzene rings is 1. The third-order valence-corrected chi connectivity index (χ3v) is 4.96. The van der Waals surface area contributed by atoms with Gasteiger partial charge >= 0.3 is 0 Å².